The minimum absolute atomic E-state index is 0.0991. The van der Waals surface area contributed by atoms with E-state index in [0.29, 0.717) is 22.3 Å². The van der Waals surface area contributed by atoms with Crippen molar-refractivity contribution in [3.05, 3.63) is 99.5 Å². The molecule has 0 spiro atoms. The van der Waals surface area contributed by atoms with E-state index in [9.17, 15) is 9.59 Å². The van der Waals surface area contributed by atoms with Gasteiger partial charge >= 0.3 is 0 Å². The zero-order chi connectivity index (χ0) is 21.8. The zero-order valence-electron chi connectivity index (χ0n) is 16.6. The Bertz CT molecular complexity index is 1090. The van der Waals surface area contributed by atoms with E-state index in [1.807, 2.05) is 66.9 Å². The van der Waals surface area contributed by atoms with Crippen molar-refractivity contribution in [1.82, 2.24) is 0 Å². The van der Waals surface area contributed by atoms with Gasteiger partial charge in [-0.2, -0.15) is 0 Å². The Morgan fingerprint density at radius 1 is 0.935 bits per heavy atom. The van der Waals surface area contributed by atoms with Crippen LogP contribution in [-0.4, -0.2) is 18.3 Å². The molecule has 1 heterocycles. The highest BCUT2D eigenvalue weighted by atomic mass is 35.5. The van der Waals surface area contributed by atoms with Crippen molar-refractivity contribution in [2.75, 3.05) is 4.90 Å². The van der Waals surface area contributed by atoms with Gasteiger partial charge in [0.1, 0.15) is 12.2 Å². The third-order valence-electron chi connectivity index (χ3n) is 5.28. The molecule has 3 aromatic rings. The molecule has 0 saturated heterocycles. The van der Waals surface area contributed by atoms with Gasteiger partial charge in [0.05, 0.1) is 12.2 Å². The maximum atomic E-state index is 13.6. The summed E-state index contributed by atoms with van der Waals surface area (Å²) in [6, 6.07) is 22.5. The molecule has 0 N–H and O–H groups in total. The number of amides is 1. The van der Waals surface area contributed by atoms with Crippen LogP contribution in [0.15, 0.2) is 72.8 Å². The second-order valence-corrected chi connectivity index (χ2v) is 8.17. The Hall–Kier alpha value is -2.66. The van der Waals surface area contributed by atoms with Gasteiger partial charge in [0.15, 0.2) is 6.29 Å². The van der Waals surface area contributed by atoms with E-state index >= 15 is 0 Å². The van der Waals surface area contributed by atoms with Gasteiger partial charge in [-0.05, 0) is 36.2 Å². The summed E-state index contributed by atoms with van der Waals surface area (Å²) < 4.78 is 6.33. The van der Waals surface area contributed by atoms with Crippen molar-refractivity contribution in [2.24, 2.45) is 0 Å². The Balaban J connectivity index is 1.86. The zero-order valence-corrected chi connectivity index (χ0v) is 18.1. The normalized spacial score (nSPS) is 18.4. The highest BCUT2D eigenvalue weighted by Gasteiger charge is 2.37. The number of fused-ring (bicyclic) bond motifs is 1. The van der Waals surface area contributed by atoms with E-state index in [1.165, 1.54) is 0 Å². The number of benzene rings is 3. The van der Waals surface area contributed by atoms with Crippen molar-refractivity contribution in [3.8, 4) is 0 Å². The first-order valence-electron chi connectivity index (χ1n) is 9.98. The summed E-state index contributed by atoms with van der Waals surface area (Å²) in [7, 11) is 0. The number of hydrogen-bond donors (Lipinski definition) is 0. The lowest BCUT2D eigenvalue weighted by molar-refractivity contribution is -0.132. The fourth-order valence-electron chi connectivity index (χ4n) is 3.81. The van der Waals surface area contributed by atoms with Gasteiger partial charge in [-0.1, -0.05) is 71.7 Å². The van der Waals surface area contributed by atoms with Crippen molar-refractivity contribution >= 4 is 41.1 Å². The Morgan fingerprint density at radius 2 is 1.68 bits per heavy atom. The molecule has 3 aromatic carbocycles. The summed E-state index contributed by atoms with van der Waals surface area (Å²) in [5, 5.41) is 1.06. The molecule has 2 atom stereocenters. The van der Waals surface area contributed by atoms with Gasteiger partial charge in [-0.25, -0.2) is 0 Å². The van der Waals surface area contributed by atoms with Crippen molar-refractivity contribution in [1.29, 1.82) is 0 Å². The largest absolute Gasteiger partial charge is 0.356 e. The SMILES string of the molecule is O=[C]CC[C@@H]1O[C@@H](c2ccccc2Cl)c2cc(Cl)ccc2N(Cc2ccccc2)C1=O. The number of ether oxygens (including phenoxy) is 1. The Kier molecular flexibility index (Phi) is 6.71. The molecule has 157 valence electrons. The van der Waals surface area contributed by atoms with Gasteiger partial charge in [-0.3, -0.25) is 9.59 Å². The molecule has 0 bridgehead atoms. The molecule has 1 amide bonds. The van der Waals surface area contributed by atoms with Crippen LogP contribution in [-0.2, 0) is 20.9 Å². The molecule has 0 saturated carbocycles. The van der Waals surface area contributed by atoms with Crippen LogP contribution in [0, 0.1) is 0 Å². The summed E-state index contributed by atoms with van der Waals surface area (Å²) in [5.41, 5.74) is 3.18. The molecular weight excluding hydrogens is 433 g/mol. The average molecular weight is 453 g/mol. The first-order chi connectivity index (χ1) is 15.1. The Labute approximate surface area is 191 Å². The Morgan fingerprint density at radius 3 is 2.42 bits per heavy atom. The fraction of sp³-hybridized carbons (Fsp3) is 0.200. The van der Waals surface area contributed by atoms with Crippen LogP contribution >= 0.6 is 23.2 Å². The van der Waals surface area contributed by atoms with E-state index in [-0.39, 0.29) is 18.7 Å². The molecule has 4 rings (SSSR count). The van der Waals surface area contributed by atoms with E-state index in [4.69, 9.17) is 27.9 Å². The quantitative estimate of drug-likeness (QED) is 0.467. The third kappa shape index (κ3) is 4.67. The van der Waals surface area contributed by atoms with Crippen LogP contribution < -0.4 is 4.90 Å². The van der Waals surface area contributed by atoms with Crippen molar-refractivity contribution in [3.63, 3.8) is 0 Å². The van der Waals surface area contributed by atoms with Crippen LogP contribution in [0.2, 0.25) is 10.0 Å². The van der Waals surface area contributed by atoms with E-state index in [2.05, 4.69) is 0 Å². The van der Waals surface area contributed by atoms with Crippen molar-refractivity contribution < 1.29 is 14.3 Å². The van der Waals surface area contributed by atoms with Crippen molar-refractivity contribution in [2.45, 2.75) is 31.6 Å². The molecular formula is C25H20Cl2NO3. The van der Waals surface area contributed by atoms with Crippen LogP contribution in [0.4, 0.5) is 5.69 Å². The lowest BCUT2D eigenvalue weighted by Crippen LogP contribution is -2.39. The van der Waals surface area contributed by atoms with E-state index in [1.54, 1.807) is 17.0 Å². The second-order valence-electron chi connectivity index (χ2n) is 7.32. The summed E-state index contributed by atoms with van der Waals surface area (Å²) in [6.07, 6.45) is 0.771. The maximum Gasteiger partial charge on any atom is 0.256 e. The summed E-state index contributed by atoms with van der Waals surface area (Å²) in [5.74, 6) is -0.211. The van der Waals surface area contributed by atoms with Crippen LogP contribution in [0.3, 0.4) is 0 Å². The predicted molar refractivity (Wildman–Crippen MR) is 122 cm³/mol. The minimum Gasteiger partial charge on any atom is -0.356 e. The number of anilines is 1. The first-order valence-corrected chi connectivity index (χ1v) is 10.7. The lowest BCUT2D eigenvalue weighted by Gasteiger charge is -2.25. The molecule has 1 radical (unpaired) electrons. The highest BCUT2D eigenvalue weighted by molar-refractivity contribution is 6.31. The number of rotatable bonds is 6. The van der Waals surface area contributed by atoms with Gasteiger partial charge in [0.2, 0.25) is 0 Å². The standard InChI is InChI=1S/C25H20Cl2NO3/c26-18-12-13-22-20(15-18)24(19-9-4-5-10-21(19)27)31-23(11-6-14-29)25(30)28(22)16-17-7-2-1-3-8-17/h1-5,7-10,12-13,15,23-24H,6,11,16H2/t23-,24-/m0/s1. The third-order valence-corrected chi connectivity index (χ3v) is 5.86. The molecule has 31 heavy (non-hydrogen) atoms. The minimum atomic E-state index is -0.822. The summed E-state index contributed by atoms with van der Waals surface area (Å²) >= 11 is 12.8. The number of carbonyl (C=O) groups excluding carboxylic acids is 2. The molecule has 0 unspecified atom stereocenters. The molecule has 1 aliphatic rings. The van der Waals surface area contributed by atoms with E-state index in [0.717, 1.165) is 16.7 Å². The highest BCUT2D eigenvalue weighted by Crippen LogP contribution is 2.42. The monoisotopic (exact) mass is 452 g/mol. The van der Waals surface area contributed by atoms with Gasteiger partial charge < -0.3 is 9.64 Å². The smallest absolute Gasteiger partial charge is 0.256 e. The molecule has 1 aliphatic heterocycles. The molecule has 4 nitrogen and oxygen atoms in total. The summed E-state index contributed by atoms with van der Waals surface area (Å²) in [4.78, 5) is 26.2. The second kappa shape index (κ2) is 9.65. The van der Waals surface area contributed by atoms with E-state index < -0.39 is 12.2 Å². The number of hydrogen-bond acceptors (Lipinski definition) is 3. The lowest BCUT2D eigenvalue weighted by atomic mass is 9.99. The maximum absolute atomic E-state index is 13.6. The molecule has 0 aliphatic carbocycles. The molecule has 0 fully saturated rings. The average Bonchev–Trinajstić information content (AvgIpc) is 2.89. The molecule has 6 heteroatoms. The topological polar surface area (TPSA) is 46.6 Å². The number of halogens is 2. The van der Waals surface area contributed by atoms with Crippen LogP contribution in [0.5, 0.6) is 0 Å². The first kappa shape index (κ1) is 21.6. The number of nitrogens with zero attached hydrogens (tertiary/aromatic N) is 1. The number of carbonyl (C=O) groups is 1. The summed E-state index contributed by atoms with van der Waals surface area (Å²) in [6.45, 7) is 0.369. The van der Waals surface area contributed by atoms with Gasteiger partial charge in [0.25, 0.3) is 5.91 Å². The van der Waals surface area contributed by atoms with Crippen LogP contribution in [0.25, 0.3) is 0 Å². The van der Waals surface area contributed by atoms with Gasteiger partial charge in [-0.15, -0.1) is 0 Å². The van der Waals surface area contributed by atoms with Crippen LogP contribution in [0.1, 0.15) is 35.6 Å². The van der Waals surface area contributed by atoms with Gasteiger partial charge in [0, 0.05) is 27.6 Å². The fourth-order valence-corrected chi connectivity index (χ4v) is 4.22. The molecule has 0 aromatic heterocycles. The predicted octanol–water partition coefficient (Wildman–Crippen LogP) is 5.90.